The number of hydrogen-bond acceptors (Lipinski definition) is 5. The zero-order valence-electron chi connectivity index (χ0n) is 22.6. The molecule has 4 aromatic rings. The number of rotatable bonds is 7. The number of urea groups is 1. The molecule has 0 bridgehead atoms. The van der Waals surface area contributed by atoms with E-state index in [9.17, 15) is 18.0 Å². The van der Waals surface area contributed by atoms with Crippen LogP contribution in [0.4, 0.5) is 10.5 Å². The van der Waals surface area contributed by atoms with Gasteiger partial charge in [-0.3, -0.25) is 4.79 Å². The van der Waals surface area contributed by atoms with Gasteiger partial charge in [-0.15, -0.1) is 0 Å². The Balaban J connectivity index is 0.000000546. The smallest absolute Gasteiger partial charge is 0.319 e. The number of aromatic nitrogens is 1. The van der Waals surface area contributed by atoms with E-state index < -0.39 is 16.1 Å². The summed E-state index contributed by atoms with van der Waals surface area (Å²) in [6, 6.07) is 22.8. The molecule has 2 N–H and O–H groups in total. The largest absolute Gasteiger partial charge is 0.496 e. The molecule has 8 nitrogen and oxygen atoms in total. The summed E-state index contributed by atoms with van der Waals surface area (Å²) in [6.45, 7) is 0. The van der Waals surface area contributed by atoms with Crippen LogP contribution < -0.4 is 15.4 Å². The third kappa shape index (κ3) is 7.60. The standard InChI is InChI=1S/C25H27N3O5S.C6H6/c1-28-14-18(11-17-8-7-16(12-24(17)33-2)23(29)15-34(31)32)21-13-20(9-10-22(21)28)27-25(30)26-19-5-3-4-6-19;1-2-4-6-5-3-1/h7-10,12-15,19H,3-6,11H2,1-2H3,(H2,26,27,30);1-6H. The van der Waals surface area contributed by atoms with E-state index in [2.05, 4.69) is 10.6 Å². The number of ketones is 1. The van der Waals surface area contributed by atoms with Crippen molar-refractivity contribution >= 4 is 44.1 Å². The number of aryl methyl sites for hydroxylation is 1. The highest BCUT2D eigenvalue weighted by Crippen LogP contribution is 2.30. The van der Waals surface area contributed by atoms with Crippen molar-refractivity contribution in [3.63, 3.8) is 0 Å². The lowest BCUT2D eigenvalue weighted by Crippen LogP contribution is -2.36. The third-order valence-corrected chi connectivity index (χ3v) is 7.25. The molecular formula is C31H33N3O5S. The van der Waals surface area contributed by atoms with Gasteiger partial charge in [0.1, 0.15) is 11.1 Å². The minimum atomic E-state index is -2.57. The second kappa shape index (κ2) is 13.6. The van der Waals surface area contributed by atoms with Gasteiger partial charge in [-0.2, -0.15) is 8.42 Å². The molecule has 3 aromatic carbocycles. The SMILES string of the molecule is COc1cc(C(=O)C=S(=O)=O)ccc1Cc1cn(C)c2ccc(NC(=O)NC3CCCC3)cc12.c1ccccc1. The minimum absolute atomic E-state index is 0.193. The lowest BCUT2D eigenvalue weighted by molar-refractivity contribution is 0.107. The van der Waals surface area contributed by atoms with Gasteiger partial charge >= 0.3 is 6.03 Å². The first-order valence-electron chi connectivity index (χ1n) is 13.1. The van der Waals surface area contributed by atoms with Crippen molar-refractivity contribution in [3.8, 4) is 5.75 Å². The molecule has 9 heteroatoms. The Morgan fingerprint density at radius 2 is 1.65 bits per heavy atom. The summed E-state index contributed by atoms with van der Waals surface area (Å²) >= 11 is 0. The number of hydrogen-bond donors (Lipinski definition) is 2. The quantitative estimate of drug-likeness (QED) is 0.233. The van der Waals surface area contributed by atoms with Gasteiger partial charge in [0.15, 0.2) is 0 Å². The Hall–Kier alpha value is -4.37. The Kier molecular flexibility index (Phi) is 9.75. The summed E-state index contributed by atoms with van der Waals surface area (Å²) in [5.74, 6) is -0.104. The number of nitrogens with one attached hydrogen (secondary N) is 2. The molecule has 2 amide bonds. The normalized spacial score (nSPS) is 12.8. The number of carbonyl (C=O) groups excluding carboxylic acids is 2. The fraction of sp³-hybridized carbons (Fsp3) is 0.258. The molecule has 0 saturated heterocycles. The van der Waals surface area contributed by atoms with Crippen LogP contribution in [0.5, 0.6) is 5.75 Å². The predicted octanol–water partition coefficient (Wildman–Crippen LogP) is 5.39. The highest BCUT2D eigenvalue weighted by Gasteiger charge is 2.18. The monoisotopic (exact) mass is 559 g/mol. The van der Waals surface area contributed by atoms with Gasteiger partial charge in [-0.1, -0.05) is 61.4 Å². The average Bonchev–Trinajstić information content (AvgIpc) is 3.57. The van der Waals surface area contributed by atoms with Crippen molar-refractivity contribution in [2.24, 2.45) is 7.05 Å². The molecule has 0 radical (unpaired) electrons. The van der Waals surface area contributed by atoms with Crippen LogP contribution in [0.25, 0.3) is 10.9 Å². The minimum Gasteiger partial charge on any atom is -0.496 e. The summed E-state index contributed by atoms with van der Waals surface area (Å²) in [5, 5.41) is 7.61. The Bertz CT molecular complexity index is 1590. The first-order chi connectivity index (χ1) is 19.3. The Morgan fingerprint density at radius 1 is 0.975 bits per heavy atom. The number of ether oxygens (including phenoxy) is 1. The van der Waals surface area contributed by atoms with Gasteiger partial charge in [0, 0.05) is 47.9 Å². The number of fused-ring (bicyclic) bond motifs is 1. The van der Waals surface area contributed by atoms with E-state index >= 15 is 0 Å². The van der Waals surface area contributed by atoms with Gasteiger partial charge in [-0.05, 0) is 48.2 Å². The molecule has 1 heterocycles. The van der Waals surface area contributed by atoms with Crippen LogP contribution >= 0.6 is 0 Å². The van der Waals surface area contributed by atoms with Crippen molar-refractivity contribution in [2.45, 2.75) is 38.1 Å². The van der Waals surface area contributed by atoms with E-state index in [0.717, 1.165) is 47.7 Å². The van der Waals surface area contributed by atoms with E-state index in [1.807, 2.05) is 72.4 Å². The van der Waals surface area contributed by atoms with Crippen LogP contribution in [0.15, 0.2) is 79.0 Å². The molecule has 0 atom stereocenters. The maximum atomic E-state index is 12.4. The molecule has 1 aliphatic carbocycles. The van der Waals surface area contributed by atoms with Crippen molar-refractivity contribution in [2.75, 3.05) is 12.4 Å². The maximum absolute atomic E-state index is 12.4. The second-order valence-electron chi connectivity index (χ2n) is 9.68. The van der Waals surface area contributed by atoms with Crippen LogP contribution in [0.2, 0.25) is 0 Å². The summed E-state index contributed by atoms with van der Waals surface area (Å²) in [7, 11) is 0.907. The van der Waals surface area contributed by atoms with Crippen LogP contribution in [-0.4, -0.2) is 43.3 Å². The highest BCUT2D eigenvalue weighted by atomic mass is 32.2. The molecule has 1 fully saturated rings. The van der Waals surface area contributed by atoms with E-state index in [1.165, 1.54) is 7.11 Å². The molecule has 0 unspecified atom stereocenters. The number of benzene rings is 3. The van der Waals surface area contributed by atoms with Gasteiger partial charge in [-0.25, -0.2) is 4.79 Å². The first kappa shape index (κ1) is 28.6. The van der Waals surface area contributed by atoms with Gasteiger partial charge in [0.25, 0.3) is 0 Å². The number of amides is 2. The van der Waals surface area contributed by atoms with E-state index in [4.69, 9.17) is 4.74 Å². The Labute approximate surface area is 235 Å². The first-order valence-corrected chi connectivity index (χ1v) is 14.3. The summed E-state index contributed by atoms with van der Waals surface area (Å²) < 4.78 is 29.1. The number of anilines is 1. The molecule has 40 heavy (non-hydrogen) atoms. The topological polar surface area (TPSA) is 106 Å². The van der Waals surface area contributed by atoms with Gasteiger partial charge < -0.3 is 19.9 Å². The highest BCUT2D eigenvalue weighted by molar-refractivity contribution is 7.73. The molecule has 1 saturated carbocycles. The summed E-state index contributed by atoms with van der Waals surface area (Å²) in [4.78, 5) is 24.5. The van der Waals surface area contributed by atoms with E-state index in [-0.39, 0.29) is 17.6 Å². The molecule has 0 spiro atoms. The molecular weight excluding hydrogens is 526 g/mol. The molecule has 5 rings (SSSR count). The number of Topliss-reactive ketones (excluding diaryl/α,β-unsaturated/α-hetero) is 1. The van der Waals surface area contributed by atoms with E-state index in [0.29, 0.717) is 23.2 Å². The molecule has 1 aromatic heterocycles. The zero-order chi connectivity index (χ0) is 28.5. The van der Waals surface area contributed by atoms with Crippen LogP contribution in [-0.2, 0) is 23.8 Å². The second-order valence-corrected chi connectivity index (χ2v) is 10.4. The van der Waals surface area contributed by atoms with Crippen molar-refractivity contribution in [1.29, 1.82) is 0 Å². The lowest BCUT2D eigenvalue weighted by atomic mass is 10.0. The van der Waals surface area contributed by atoms with Crippen LogP contribution in [0.3, 0.4) is 0 Å². The molecule has 1 aliphatic rings. The zero-order valence-corrected chi connectivity index (χ0v) is 23.4. The maximum Gasteiger partial charge on any atom is 0.319 e. The molecule has 0 aliphatic heterocycles. The van der Waals surface area contributed by atoms with Crippen molar-refractivity contribution in [3.05, 3.63) is 95.7 Å². The van der Waals surface area contributed by atoms with E-state index in [1.54, 1.807) is 18.2 Å². The van der Waals surface area contributed by atoms with Gasteiger partial charge in [0.2, 0.25) is 16.1 Å². The van der Waals surface area contributed by atoms with Crippen LogP contribution in [0.1, 0.15) is 47.2 Å². The average molecular weight is 560 g/mol. The fourth-order valence-corrected chi connectivity index (χ4v) is 5.22. The van der Waals surface area contributed by atoms with Crippen molar-refractivity contribution < 1.29 is 22.7 Å². The number of methoxy groups -OCH3 is 1. The Morgan fingerprint density at radius 3 is 2.27 bits per heavy atom. The van der Waals surface area contributed by atoms with Crippen LogP contribution in [0, 0.1) is 0 Å². The fourth-order valence-electron chi connectivity index (χ4n) is 4.90. The third-order valence-electron chi connectivity index (χ3n) is 6.84. The summed E-state index contributed by atoms with van der Waals surface area (Å²) in [5.41, 5.74) is 3.86. The summed E-state index contributed by atoms with van der Waals surface area (Å²) in [6.07, 6.45) is 6.91. The number of nitrogens with zero attached hydrogens (tertiary/aromatic N) is 1. The van der Waals surface area contributed by atoms with Crippen molar-refractivity contribution in [1.82, 2.24) is 9.88 Å². The van der Waals surface area contributed by atoms with Gasteiger partial charge in [0.05, 0.1) is 7.11 Å². The molecule has 208 valence electrons. The lowest BCUT2D eigenvalue weighted by Gasteiger charge is -2.13. The number of carbonyl (C=O) groups is 2. The predicted molar refractivity (Wildman–Crippen MR) is 159 cm³/mol.